The van der Waals surface area contributed by atoms with Crippen molar-refractivity contribution < 1.29 is 9.84 Å². The van der Waals surface area contributed by atoms with E-state index in [0.717, 1.165) is 55.7 Å². The first-order valence-electron chi connectivity index (χ1n) is 13.7. The maximum atomic E-state index is 10.3. The van der Waals surface area contributed by atoms with Gasteiger partial charge in [-0.15, -0.1) is 0 Å². The summed E-state index contributed by atoms with van der Waals surface area (Å²) in [6.07, 6.45) is 1.99. The Balaban J connectivity index is 1.70. The second kappa shape index (κ2) is 10.9. The van der Waals surface area contributed by atoms with E-state index in [4.69, 9.17) is 9.72 Å². The van der Waals surface area contributed by atoms with Crippen LogP contribution >= 0.6 is 0 Å². The number of ether oxygens (including phenoxy) is 1. The minimum absolute atomic E-state index is 0.168. The van der Waals surface area contributed by atoms with Crippen LogP contribution in [0.2, 0.25) is 0 Å². The fraction of sp³-hybridized carbons (Fsp3) is 0.108. The minimum Gasteiger partial charge on any atom is -0.496 e. The van der Waals surface area contributed by atoms with Crippen LogP contribution in [0.4, 0.5) is 0 Å². The lowest BCUT2D eigenvalue weighted by molar-refractivity contribution is 0.277. The van der Waals surface area contributed by atoms with Crippen molar-refractivity contribution in [2.24, 2.45) is 0 Å². The molecule has 0 aliphatic heterocycles. The van der Waals surface area contributed by atoms with E-state index in [-0.39, 0.29) is 6.61 Å². The number of fused-ring (bicyclic) bond motifs is 1. The van der Waals surface area contributed by atoms with Gasteiger partial charge in [-0.05, 0) is 52.1 Å². The maximum absolute atomic E-state index is 10.3. The van der Waals surface area contributed by atoms with E-state index >= 15 is 0 Å². The first-order chi connectivity index (χ1) is 20.1. The van der Waals surface area contributed by atoms with Crippen LogP contribution in [0.5, 0.6) is 5.75 Å². The quantitative estimate of drug-likeness (QED) is 0.200. The standard InChI is InChI=1S/C37H32N2O2/c1-26(2)35-33-21-19-28(23-27(33)20-22-34(35)41-3)36-38-32(25-40)24-39(36)37(29-13-7-4-8-14-29,30-15-9-5-10-16-30)31-17-11-6-12-18-31/h4-24,40H,1,25H2,2-3H3. The topological polar surface area (TPSA) is 47.3 Å². The number of hydrogen-bond acceptors (Lipinski definition) is 3. The van der Waals surface area contributed by atoms with Crippen LogP contribution in [0.3, 0.4) is 0 Å². The number of benzene rings is 5. The van der Waals surface area contributed by atoms with Crippen LogP contribution in [-0.2, 0) is 12.1 Å². The molecule has 4 heteroatoms. The predicted molar refractivity (Wildman–Crippen MR) is 167 cm³/mol. The van der Waals surface area contributed by atoms with Gasteiger partial charge in [-0.2, -0.15) is 0 Å². The Morgan fingerprint density at radius 2 is 1.37 bits per heavy atom. The zero-order valence-electron chi connectivity index (χ0n) is 23.3. The molecule has 0 unspecified atom stereocenters. The first kappa shape index (κ1) is 26.3. The SMILES string of the molecule is C=C(C)c1c(OC)ccc2cc(-c3nc(CO)cn3C(c3ccccc3)(c3ccccc3)c3ccccc3)ccc12. The smallest absolute Gasteiger partial charge is 0.141 e. The molecule has 0 saturated carbocycles. The van der Waals surface area contributed by atoms with E-state index in [1.54, 1.807) is 7.11 Å². The minimum atomic E-state index is -0.753. The van der Waals surface area contributed by atoms with Crippen molar-refractivity contribution >= 4 is 16.3 Å². The Labute approximate surface area is 240 Å². The summed E-state index contributed by atoms with van der Waals surface area (Å²) in [6, 6.07) is 41.9. The third-order valence-electron chi connectivity index (χ3n) is 7.74. The Bertz CT molecular complexity index is 1730. The molecule has 0 spiro atoms. The number of methoxy groups -OCH3 is 1. The number of hydrogen-bond donors (Lipinski definition) is 1. The van der Waals surface area contributed by atoms with Gasteiger partial charge in [0.15, 0.2) is 0 Å². The third-order valence-corrected chi connectivity index (χ3v) is 7.74. The van der Waals surface area contributed by atoms with E-state index in [2.05, 4.69) is 108 Å². The van der Waals surface area contributed by atoms with Crippen molar-refractivity contribution in [1.29, 1.82) is 0 Å². The molecular formula is C37H32N2O2. The molecule has 1 N–H and O–H groups in total. The van der Waals surface area contributed by atoms with Gasteiger partial charge < -0.3 is 14.4 Å². The summed E-state index contributed by atoms with van der Waals surface area (Å²) in [5.74, 6) is 1.57. The van der Waals surface area contributed by atoms with Crippen molar-refractivity contribution in [3.8, 4) is 17.1 Å². The maximum Gasteiger partial charge on any atom is 0.141 e. The lowest BCUT2D eigenvalue weighted by Gasteiger charge is -2.38. The molecule has 1 heterocycles. The lowest BCUT2D eigenvalue weighted by atomic mass is 9.76. The van der Waals surface area contributed by atoms with E-state index in [0.29, 0.717) is 5.69 Å². The second-order valence-electron chi connectivity index (χ2n) is 10.3. The molecule has 4 nitrogen and oxygen atoms in total. The highest BCUT2D eigenvalue weighted by atomic mass is 16.5. The molecule has 0 saturated heterocycles. The zero-order valence-corrected chi connectivity index (χ0v) is 23.3. The largest absolute Gasteiger partial charge is 0.496 e. The van der Waals surface area contributed by atoms with Gasteiger partial charge in [0.1, 0.15) is 17.1 Å². The van der Waals surface area contributed by atoms with E-state index < -0.39 is 5.54 Å². The second-order valence-corrected chi connectivity index (χ2v) is 10.3. The number of aliphatic hydroxyl groups excluding tert-OH is 1. The summed E-state index contributed by atoms with van der Waals surface area (Å²) in [7, 11) is 1.69. The van der Waals surface area contributed by atoms with Crippen molar-refractivity contribution in [1.82, 2.24) is 9.55 Å². The molecule has 5 aromatic carbocycles. The molecule has 0 fully saturated rings. The number of allylic oxidation sites excluding steroid dienone is 1. The van der Waals surface area contributed by atoms with Gasteiger partial charge in [-0.3, -0.25) is 0 Å². The molecule has 6 aromatic rings. The van der Waals surface area contributed by atoms with Gasteiger partial charge >= 0.3 is 0 Å². The van der Waals surface area contributed by atoms with Crippen LogP contribution in [-0.4, -0.2) is 21.8 Å². The van der Waals surface area contributed by atoms with Gasteiger partial charge in [0.05, 0.1) is 19.4 Å². The van der Waals surface area contributed by atoms with E-state index in [1.165, 1.54) is 0 Å². The van der Waals surface area contributed by atoms with Crippen LogP contribution in [0.1, 0.15) is 34.9 Å². The first-order valence-corrected chi connectivity index (χ1v) is 13.7. The molecule has 6 rings (SSSR count). The molecule has 0 amide bonds. The Kier molecular flexibility index (Phi) is 7.00. The zero-order chi connectivity index (χ0) is 28.4. The average Bonchev–Trinajstić information content (AvgIpc) is 3.47. The van der Waals surface area contributed by atoms with Gasteiger partial charge in [-0.25, -0.2) is 4.98 Å². The molecule has 0 radical (unpaired) electrons. The highest BCUT2D eigenvalue weighted by molar-refractivity contribution is 5.97. The van der Waals surface area contributed by atoms with Gasteiger partial charge in [-0.1, -0.05) is 116 Å². The fourth-order valence-corrected chi connectivity index (χ4v) is 5.98. The van der Waals surface area contributed by atoms with Gasteiger partial charge in [0.2, 0.25) is 0 Å². The molecular weight excluding hydrogens is 504 g/mol. The predicted octanol–water partition coefficient (Wildman–Crippen LogP) is 8.08. The van der Waals surface area contributed by atoms with E-state index in [9.17, 15) is 5.11 Å². The van der Waals surface area contributed by atoms with Gasteiger partial charge in [0, 0.05) is 17.3 Å². The Hall–Kier alpha value is -4.93. The van der Waals surface area contributed by atoms with Crippen molar-refractivity contribution in [2.75, 3.05) is 7.11 Å². The van der Waals surface area contributed by atoms with Crippen molar-refractivity contribution in [3.63, 3.8) is 0 Å². The number of aromatic nitrogens is 2. The van der Waals surface area contributed by atoms with E-state index in [1.807, 2.05) is 37.4 Å². The highest BCUT2D eigenvalue weighted by Gasteiger charge is 2.40. The van der Waals surface area contributed by atoms with Crippen LogP contribution in [0, 0.1) is 0 Å². The van der Waals surface area contributed by atoms with Crippen LogP contribution < -0.4 is 4.74 Å². The summed E-state index contributed by atoms with van der Waals surface area (Å²) >= 11 is 0. The summed E-state index contributed by atoms with van der Waals surface area (Å²) in [4.78, 5) is 5.01. The Morgan fingerprint density at radius 1 is 0.805 bits per heavy atom. The normalized spacial score (nSPS) is 11.5. The van der Waals surface area contributed by atoms with Crippen LogP contribution in [0.15, 0.2) is 134 Å². The average molecular weight is 537 g/mol. The Morgan fingerprint density at radius 3 is 1.85 bits per heavy atom. The summed E-state index contributed by atoms with van der Waals surface area (Å²) < 4.78 is 7.88. The molecule has 41 heavy (non-hydrogen) atoms. The highest BCUT2D eigenvalue weighted by Crippen LogP contribution is 2.44. The molecule has 202 valence electrons. The lowest BCUT2D eigenvalue weighted by Crippen LogP contribution is -2.37. The van der Waals surface area contributed by atoms with Crippen molar-refractivity contribution in [2.45, 2.75) is 19.1 Å². The fourth-order valence-electron chi connectivity index (χ4n) is 5.98. The molecule has 0 aliphatic rings. The molecule has 0 bridgehead atoms. The summed E-state index contributed by atoms with van der Waals surface area (Å²) in [5.41, 5.74) is 6.02. The molecule has 1 aromatic heterocycles. The third kappa shape index (κ3) is 4.43. The number of aliphatic hydroxyl groups is 1. The molecule has 0 aliphatic carbocycles. The van der Waals surface area contributed by atoms with Gasteiger partial charge in [0.25, 0.3) is 0 Å². The summed E-state index contributed by atoms with van der Waals surface area (Å²) in [6.45, 7) is 6.03. The monoisotopic (exact) mass is 536 g/mol. The molecule has 0 atom stereocenters. The summed E-state index contributed by atoms with van der Waals surface area (Å²) in [5, 5.41) is 12.5. The van der Waals surface area contributed by atoms with Crippen molar-refractivity contribution in [3.05, 3.63) is 162 Å². The number of nitrogens with zero attached hydrogens (tertiary/aromatic N) is 2. The van der Waals surface area contributed by atoms with Crippen LogP contribution in [0.25, 0.3) is 27.7 Å². The number of imidazole rings is 1. The number of rotatable bonds is 8.